The van der Waals surface area contributed by atoms with Gasteiger partial charge in [0.15, 0.2) is 0 Å². The Morgan fingerprint density at radius 3 is 1.55 bits per heavy atom. The number of benzene rings is 9. The normalized spacial score (nSPS) is 14.8. The molecule has 306 valence electrons. The summed E-state index contributed by atoms with van der Waals surface area (Å²) in [6.07, 6.45) is 5.77. The van der Waals surface area contributed by atoms with Crippen LogP contribution in [-0.2, 0) is 5.41 Å². The third kappa shape index (κ3) is 7.20. The molecule has 9 aromatic carbocycles. The Bertz CT molecular complexity index is 3160. The number of rotatable bonds is 9. The van der Waals surface area contributed by atoms with E-state index in [1.807, 2.05) is 0 Å². The summed E-state index contributed by atoms with van der Waals surface area (Å²) in [5.41, 5.74) is 22.3. The van der Waals surface area contributed by atoms with Crippen molar-refractivity contribution in [1.29, 1.82) is 0 Å². The molecule has 0 fully saturated rings. The largest absolute Gasteiger partial charge is 0.310 e. The Labute approximate surface area is 378 Å². The van der Waals surface area contributed by atoms with Gasteiger partial charge in [0.05, 0.1) is 0 Å². The third-order valence-corrected chi connectivity index (χ3v) is 13.5. The van der Waals surface area contributed by atoms with E-state index in [1.165, 1.54) is 83.5 Å². The molecule has 0 amide bonds. The molecule has 0 radical (unpaired) electrons. The Morgan fingerprint density at radius 1 is 0.375 bits per heavy atom. The van der Waals surface area contributed by atoms with Gasteiger partial charge < -0.3 is 4.90 Å². The van der Waals surface area contributed by atoms with Crippen molar-refractivity contribution < 1.29 is 0 Å². The minimum absolute atomic E-state index is 0.122. The van der Waals surface area contributed by atoms with Gasteiger partial charge in [0.25, 0.3) is 0 Å². The van der Waals surface area contributed by atoms with E-state index in [9.17, 15) is 0 Å². The molecule has 9 aromatic rings. The summed E-state index contributed by atoms with van der Waals surface area (Å²) in [4.78, 5) is 2.44. The van der Waals surface area contributed by atoms with Crippen LogP contribution in [0, 0.1) is 0 Å². The molecule has 64 heavy (non-hydrogen) atoms. The number of anilines is 3. The van der Waals surface area contributed by atoms with Crippen LogP contribution in [0.25, 0.3) is 55.7 Å². The van der Waals surface area contributed by atoms with E-state index in [0.29, 0.717) is 0 Å². The zero-order chi connectivity index (χ0) is 43.0. The van der Waals surface area contributed by atoms with Gasteiger partial charge in [-0.25, -0.2) is 0 Å². The summed E-state index contributed by atoms with van der Waals surface area (Å²) >= 11 is 0. The molecule has 0 N–H and O–H groups in total. The van der Waals surface area contributed by atoms with Crippen LogP contribution in [0.3, 0.4) is 0 Å². The second-order valence-corrected chi connectivity index (χ2v) is 17.6. The highest BCUT2D eigenvalue weighted by Gasteiger charge is 2.36. The summed E-state index contributed by atoms with van der Waals surface area (Å²) in [7, 11) is 0. The number of fused-ring (bicyclic) bond motifs is 3. The molecule has 0 saturated heterocycles. The van der Waals surface area contributed by atoms with Crippen molar-refractivity contribution in [3.63, 3.8) is 0 Å². The first-order chi connectivity index (χ1) is 31.5. The fraction of sp³-hybridized carbons (Fsp3) is 0.0794. The van der Waals surface area contributed by atoms with Gasteiger partial charge in [-0.3, -0.25) is 0 Å². The lowest BCUT2D eigenvalue weighted by Crippen LogP contribution is -2.16. The average Bonchev–Trinajstić information content (AvgIpc) is 3.60. The molecule has 2 aliphatic carbocycles. The fourth-order valence-corrected chi connectivity index (χ4v) is 10.2. The van der Waals surface area contributed by atoms with Crippen LogP contribution >= 0.6 is 0 Å². The van der Waals surface area contributed by atoms with Gasteiger partial charge in [0, 0.05) is 28.4 Å². The first-order valence-corrected chi connectivity index (χ1v) is 22.5. The highest BCUT2D eigenvalue weighted by molar-refractivity contribution is 5.91. The van der Waals surface area contributed by atoms with E-state index in [0.717, 1.165) is 23.5 Å². The molecule has 1 unspecified atom stereocenters. The van der Waals surface area contributed by atoms with Crippen LogP contribution in [-0.4, -0.2) is 0 Å². The maximum Gasteiger partial charge on any atom is 0.0465 e. The van der Waals surface area contributed by atoms with Crippen LogP contribution in [0.5, 0.6) is 0 Å². The zero-order valence-electron chi connectivity index (χ0n) is 36.3. The SMILES string of the molecule is CC1(C)c2ccccc2-c2ccc(N(c3ccc(C4=CC(c5ccccc5)=CCC4c4ccccc4)cc3)c3ccc(-c4cc(-c5ccccc5)ccc4-c4ccccc4)cc3)cc21. The summed E-state index contributed by atoms with van der Waals surface area (Å²) in [5, 5.41) is 0. The molecule has 0 aliphatic heterocycles. The molecule has 0 heterocycles. The zero-order valence-corrected chi connectivity index (χ0v) is 36.3. The Balaban J connectivity index is 1.02. The Hall–Kier alpha value is -7.74. The van der Waals surface area contributed by atoms with Crippen LogP contribution in [0.2, 0.25) is 0 Å². The fourth-order valence-electron chi connectivity index (χ4n) is 10.2. The van der Waals surface area contributed by atoms with Gasteiger partial charge in [-0.15, -0.1) is 0 Å². The van der Waals surface area contributed by atoms with E-state index in [1.54, 1.807) is 0 Å². The number of allylic oxidation sites excluding steroid dienone is 4. The van der Waals surface area contributed by atoms with E-state index in [-0.39, 0.29) is 11.3 Å². The molecular weight excluding hydrogens is 771 g/mol. The molecule has 1 atom stereocenters. The molecular formula is C63H49N. The molecule has 1 nitrogen and oxygen atoms in total. The van der Waals surface area contributed by atoms with Gasteiger partial charge in [-0.05, 0) is 132 Å². The molecule has 2 aliphatic rings. The van der Waals surface area contributed by atoms with E-state index < -0.39 is 0 Å². The quantitative estimate of drug-likeness (QED) is 0.140. The number of nitrogens with zero attached hydrogens (tertiary/aromatic N) is 1. The first-order valence-electron chi connectivity index (χ1n) is 22.5. The Kier molecular flexibility index (Phi) is 10.1. The van der Waals surface area contributed by atoms with Crippen LogP contribution in [0.1, 0.15) is 54.0 Å². The first kappa shape index (κ1) is 39.1. The standard InChI is InChI=1S/C63H49N/c1-63(2)61-26-16-15-25-57(61)58-40-37-54(43-62(58)63)64(52-33-27-48(28-34-52)59-41-50(44-17-7-3-8-18-44)31-38-55(59)46-21-11-5-12-22-46)53-35-29-49(30-36-53)60-42-51(45-19-9-4-10-20-45)32-39-56(60)47-23-13-6-14-24-47/h3-38,40-43,56H,39H2,1-2H3. The maximum absolute atomic E-state index is 2.44. The topological polar surface area (TPSA) is 3.24 Å². The molecule has 11 rings (SSSR count). The van der Waals surface area contributed by atoms with Crippen molar-refractivity contribution in [1.82, 2.24) is 0 Å². The minimum Gasteiger partial charge on any atom is -0.310 e. The van der Waals surface area contributed by atoms with E-state index in [2.05, 4.69) is 261 Å². The second-order valence-electron chi connectivity index (χ2n) is 17.6. The summed E-state index contributed by atoms with van der Waals surface area (Å²) in [5.74, 6) is 0.268. The average molecular weight is 820 g/mol. The van der Waals surface area contributed by atoms with Crippen molar-refractivity contribution in [2.24, 2.45) is 0 Å². The smallest absolute Gasteiger partial charge is 0.0465 e. The highest BCUT2D eigenvalue weighted by Crippen LogP contribution is 2.51. The van der Waals surface area contributed by atoms with Gasteiger partial charge in [0.1, 0.15) is 0 Å². The molecule has 1 heteroatoms. The second kappa shape index (κ2) is 16.5. The summed E-state index contributed by atoms with van der Waals surface area (Å²) in [6.45, 7) is 4.73. The lowest BCUT2D eigenvalue weighted by Gasteiger charge is -2.29. The van der Waals surface area contributed by atoms with Crippen molar-refractivity contribution in [3.05, 3.63) is 270 Å². The van der Waals surface area contributed by atoms with Crippen molar-refractivity contribution >= 4 is 28.2 Å². The van der Waals surface area contributed by atoms with E-state index in [4.69, 9.17) is 0 Å². The summed E-state index contributed by atoms with van der Waals surface area (Å²) < 4.78 is 0. The van der Waals surface area contributed by atoms with Crippen molar-refractivity contribution in [3.8, 4) is 44.5 Å². The Morgan fingerprint density at radius 2 is 0.875 bits per heavy atom. The van der Waals surface area contributed by atoms with Crippen molar-refractivity contribution in [2.75, 3.05) is 4.90 Å². The maximum atomic E-state index is 2.44. The van der Waals surface area contributed by atoms with Crippen LogP contribution in [0.4, 0.5) is 17.1 Å². The van der Waals surface area contributed by atoms with Crippen molar-refractivity contribution in [2.45, 2.75) is 31.6 Å². The molecule has 0 bridgehead atoms. The third-order valence-electron chi connectivity index (χ3n) is 13.5. The van der Waals surface area contributed by atoms with Crippen LogP contribution in [0.15, 0.2) is 243 Å². The minimum atomic E-state index is -0.122. The number of hydrogen-bond acceptors (Lipinski definition) is 1. The van der Waals surface area contributed by atoms with Gasteiger partial charge in [0.2, 0.25) is 0 Å². The molecule has 0 saturated carbocycles. The molecule has 0 spiro atoms. The predicted molar refractivity (Wildman–Crippen MR) is 271 cm³/mol. The predicted octanol–water partition coefficient (Wildman–Crippen LogP) is 17.1. The monoisotopic (exact) mass is 819 g/mol. The van der Waals surface area contributed by atoms with Gasteiger partial charge in [-0.2, -0.15) is 0 Å². The lowest BCUT2D eigenvalue weighted by molar-refractivity contribution is 0.660. The van der Waals surface area contributed by atoms with Gasteiger partial charge in [-0.1, -0.05) is 214 Å². The van der Waals surface area contributed by atoms with E-state index >= 15 is 0 Å². The number of hydrogen-bond donors (Lipinski definition) is 0. The summed E-state index contributed by atoms with van der Waals surface area (Å²) in [6, 6.07) is 84.5. The lowest BCUT2D eigenvalue weighted by atomic mass is 9.79. The van der Waals surface area contributed by atoms with Gasteiger partial charge >= 0.3 is 0 Å². The molecule has 0 aromatic heterocycles. The van der Waals surface area contributed by atoms with Crippen LogP contribution < -0.4 is 4.90 Å². The highest BCUT2D eigenvalue weighted by atomic mass is 15.1.